The van der Waals surface area contributed by atoms with E-state index < -0.39 is 51.0 Å². The van der Waals surface area contributed by atoms with E-state index in [2.05, 4.69) is 16.5 Å². The summed E-state index contributed by atoms with van der Waals surface area (Å²) in [5.41, 5.74) is 4.44. The van der Waals surface area contributed by atoms with Gasteiger partial charge in [-0.05, 0) is 43.5 Å². The molecule has 1 saturated heterocycles. The lowest BCUT2D eigenvalue weighted by atomic mass is 9.98. The second-order valence-electron chi connectivity index (χ2n) is 11.7. The average molecular weight is 690 g/mol. The highest BCUT2D eigenvalue weighted by Gasteiger charge is 2.40. The van der Waals surface area contributed by atoms with Gasteiger partial charge in [-0.2, -0.15) is 4.98 Å². The summed E-state index contributed by atoms with van der Waals surface area (Å²) in [7, 11) is 0. The van der Waals surface area contributed by atoms with Gasteiger partial charge in [0.25, 0.3) is 0 Å². The second-order valence-corrected chi connectivity index (χ2v) is 13.6. The third kappa shape index (κ3) is 4.84. The number of piperazine rings is 1. The van der Waals surface area contributed by atoms with Crippen LogP contribution in [0.4, 0.5) is 24.7 Å². The van der Waals surface area contributed by atoms with Crippen molar-refractivity contribution < 1.29 is 18.0 Å². The molecule has 4 aromatic rings. The van der Waals surface area contributed by atoms with Gasteiger partial charge in [0.05, 0.1) is 54.5 Å². The maximum absolute atomic E-state index is 17.3. The van der Waals surface area contributed by atoms with E-state index in [0.29, 0.717) is 11.3 Å². The van der Waals surface area contributed by atoms with Gasteiger partial charge in [0.1, 0.15) is 11.6 Å². The third-order valence-corrected chi connectivity index (χ3v) is 10.3. The number of halogens is 5. The first-order valence-corrected chi connectivity index (χ1v) is 16.2. The smallest absolute Gasteiger partial charge is 0.354 e. The van der Waals surface area contributed by atoms with Crippen LogP contribution in [-0.2, 0) is 4.79 Å². The van der Waals surface area contributed by atoms with Crippen LogP contribution < -0.4 is 16.3 Å². The number of fused-ring (bicyclic) bond motifs is 2. The fourth-order valence-electron chi connectivity index (χ4n) is 6.32. The van der Waals surface area contributed by atoms with Crippen LogP contribution in [0.1, 0.15) is 37.9 Å². The fraction of sp³-hybridized carbons (Fsp3) is 0.312. The van der Waals surface area contributed by atoms with Crippen LogP contribution in [0.2, 0.25) is 10.0 Å². The SMILES string of the molecule is C=CC(=O)N1CC2CSc3c(F)c(-c4c(N)c(Cl)cc(Cl)c4F)c(F)c4c3c(nc(=O)n4-c3c(C)ccnc3C(C)C)N2CC1C. The summed E-state index contributed by atoms with van der Waals surface area (Å²) in [5, 5.41) is -0.649. The van der Waals surface area contributed by atoms with Crippen molar-refractivity contribution in [1.82, 2.24) is 19.4 Å². The topological polar surface area (TPSA) is 97.3 Å². The van der Waals surface area contributed by atoms with E-state index in [1.54, 1.807) is 24.1 Å². The Bertz CT molecular complexity index is 2010. The van der Waals surface area contributed by atoms with Crippen molar-refractivity contribution in [2.75, 3.05) is 29.5 Å². The number of nitrogen functional groups attached to an aromatic ring is 1. The van der Waals surface area contributed by atoms with Crippen LogP contribution in [0, 0.1) is 24.4 Å². The number of hydrogen-bond acceptors (Lipinski definition) is 7. The van der Waals surface area contributed by atoms with Gasteiger partial charge in [-0.15, -0.1) is 11.8 Å². The fourth-order valence-corrected chi connectivity index (χ4v) is 7.99. The molecule has 4 heterocycles. The Morgan fingerprint density at radius 2 is 1.87 bits per heavy atom. The minimum absolute atomic E-state index is 0.0339. The summed E-state index contributed by atoms with van der Waals surface area (Å²) in [6, 6.07) is 1.96. The van der Waals surface area contributed by atoms with E-state index in [1.807, 2.05) is 25.7 Å². The summed E-state index contributed by atoms with van der Waals surface area (Å²) in [5.74, 6) is -3.70. The number of benzene rings is 2. The van der Waals surface area contributed by atoms with Gasteiger partial charge >= 0.3 is 5.69 Å². The van der Waals surface area contributed by atoms with E-state index in [1.165, 1.54) is 6.08 Å². The van der Waals surface area contributed by atoms with Crippen molar-refractivity contribution in [2.24, 2.45) is 0 Å². The summed E-state index contributed by atoms with van der Waals surface area (Å²) < 4.78 is 51.1. The number of rotatable bonds is 4. The zero-order valence-corrected chi connectivity index (χ0v) is 27.6. The molecule has 2 aromatic heterocycles. The standard InChI is InChI=1S/C32H29Cl2F3N6O2S/c1-6-19(44)41-11-16-12-46-30-22-29(24(36)20(25(30)37)21-23(35)17(33)9-18(34)26(21)38)43(28-14(4)7-8-39-27(28)13(2)3)32(45)40-31(22)42(16)10-15(41)5/h6-9,13,15-16H,1,10-12,38H2,2-5H3. The molecule has 14 heteroatoms. The Morgan fingerprint density at radius 3 is 2.54 bits per heavy atom. The lowest BCUT2D eigenvalue weighted by molar-refractivity contribution is -0.128. The summed E-state index contributed by atoms with van der Waals surface area (Å²) >= 11 is 13.4. The van der Waals surface area contributed by atoms with Gasteiger partial charge in [-0.1, -0.05) is 43.6 Å². The molecule has 2 aliphatic heterocycles. The van der Waals surface area contributed by atoms with E-state index in [4.69, 9.17) is 28.9 Å². The van der Waals surface area contributed by atoms with Gasteiger partial charge in [0.15, 0.2) is 11.6 Å². The third-order valence-electron chi connectivity index (χ3n) is 8.53. The first kappa shape index (κ1) is 32.2. The van der Waals surface area contributed by atoms with Crippen LogP contribution in [0.3, 0.4) is 0 Å². The largest absolute Gasteiger partial charge is 0.397 e. The molecule has 8 nitrogen and oxygen atoms in total. The minimum Gasteiger partial charge on any atom is -0.397 e. The zero-order chi connectivity index (χ0) is 33.4. The van der Waals surface area contributed by atoms with Crippen molar-refractivity contribution in [3.8, 4) is 16.8 Å². The van der Waals surface area contributed by atoms with Crippen LogP contribution >= 0.6 is 35.0 Å². The number of pyridine rings is 1. The quantitative estimate of drug-likeness (QED) is 0.142. The van der Waals surface area contributed by atoms with E-state index in [-0.39, 0.29) is 69.0 Å². The molecule has 2 N–H and O–H groups in total. The van der Waals surface area contributed by atoms with Crippen LogP contribution in [0.5, 0.6) is 0 Å². The number of amides is 1. The summed E-state index contributed by atoms with van der Waals surface area (Å²) in [4.78, 5) is 39.2. The number of carbonyl (C=O) groups excluding carboxylic acids is 1. The first-order valence-electron chi connectivity index (χ1n) is 14.5. The molecule has 46 heavy (non-hydrogen) atoms. The molecule has 0 bridgehead atoms. The molecule has 2 aliphatic rings. The van der Waals surface area contributed by atoms with Gasteiger partial charge in [-0.25, -0.2) is 18.0 Å². The van der Waals surface area contributed by atoms with Crippen molar-refractivity contribution in [3.05, 3.63) is 80.2 Å². The van der Waals surface area contributed by atoms with Gasteiger partial charge < -0.3 is 15.5 Å². The Morgan fingerprint density at radius 1 is 1.15 bits per heavy atom. The maximum Gasteiger partial charge on any atom is 0.354 e. The molecule has 0 radical (unpaired) electrons. The summed E-state index contributed by atoms with van der Waals surface area (Å²) in [6.45, 7) is 11.4. The molecule has 1 amide bonds. The molecule has 0 spiro atoms. The molecular formula is C32H29Cl2F3N6O2S. The van der Waals surface area contributed by atoms with Crippen LogP contribution in [-0.4, -0.2) is 56.3 Å². The number of carbonyl (C=O) groups is 1. The normalized spacial score (nSPS) is 17.8. The highest BCUT2D eigenvalue weighted by molar-refractivity contribution is 7.99. The predicted molar refractivity (Wildman–Crippen MR) is 177 cm³/mol. The zero-order valence-electron chi connectivity index (χ0n) is 25.3. The Labute approximate surface area is 277 Å². The van der Waals surface area contributed by atoms with E-state index in [0.717, 1.165) is 22.4 Å². The number of aromatic nitrogens is 3. The second kappa shape index (κ2) is 11.8. The Hall–Kier alpha value is -3.74. The molecule has 6 rings (SSSR count). The molecule has 2 aromatic carbocycles. The van der Waals surface area contributed by atoms with Crippen LogP contribution in [0.15, 0.2) is 40.7 Å². The van der Waals surface area contributed by atoms with E-state index in [9.17, 15) is 9.59 Å². The van der Waals surface area contributed by atoms with E-state index >= 15 is 13.2 Å². The van der Waals surface area contributed by atoms with Crippen molar-refractivity contribution in [3.63, 3.8) is 0 Å². The number of hydrogen-bond donors (Lipinski definition) is 1. The highest BCUT2D eigenvalue weighted by atomic mass is 35.5. The number of nitrogens with two attached hydrogens (primary N) is 1. The molecule has 2 unspecified atom stereocenters. The Balaban J connectivity index is 1.79. The average Bonchev–Trinajstić information content (AvgIpc) is 3.16. The molecular weight excluding hydrogens is 660 g/mol. The van der Waals surface area contributed by atoms with Crippen molar-refractivity contribution in [1.29, 1.82) is 0 Å². The minimum atomic E-state index is -1.24. The first-order chi connectivity index (χ1) is 21.8. The van der Waals surface area contributed by atoms with Gasteiger partial charge in [-0.3, -0.25) is 14.3 Å². The lowest BCUT2D eigenvalue weighted by Crippen LogP contribution is -2.60. The van der Waals surface area contributed by atoms with Gasteiger partial charge in [0, 0.05) is 36.6 Å². The highest BCUT2D eigenvalue weighted by Crippen LogP contribution is 2.49. The van der Waals surface area contributed by atoms with Gasteiger partial charge in [0.2, 0.25) is 5.91 Å². The molecule has 0 saturated carbocycles. The lowest BCUT2D eigenvalue weighted by Gasteiger charge is -2.45. The predicted octanol–water partition coefficient (Wildman–Crippen LogP) is 6.88. The van der Waals surface area contributed by atoms with Crippen LogP contribution in [0.25, 0.3) is 27.7 Å². The molecule has 2 atom stereocenters. The van der Waals surface area contributed by atoms with Crippen molar-refractivity contribution in [2.45, 2.75) is 50.6 Å². The molecule has 240 valence electrons. The molecule has 0 aliphatic carbocycles. The Kier molecular flexibility index (Phi) is 8.27. The summed E-state index contributed by atoms with van der Waals surface area (Å²) in [6.07, 6.45) is 2.81. The number of anilines is 2. The monoisotopic (exact) mass is 688 g/mol. The maximum atomic E-state index is 17.3. The number of nitrogens with zero attached hydrogens (tertiary/aromatic N) is 5. The van der Waals surface area contributed by atoms with Crippen molar-refractivity contribution >= 4 is 63.3 Å². The number of thioether (sulfide) groups is 1. The number of aryl methyl sites for hydroxylation is 1. The molecule has 1 fully saturated rings.